The quantitative estimate of drug-likeness (QED) is 0.421. The van der Waals surface area contributed by atoms with Crippen molar-refractivity contribution in [2.45, 2.75) is 28.9 Å². The fourth-order valence-electron chi connectivity index (χ4n) is 4.19. The molecule has 1 atom stereocenters. The zero-order chi connectivity index (χ0) is 21.0. The summed E-state index contributed by atoms with van der Waals surface area (Å²) in [4.78, 5) is 16.7. The summed E-state index contributed by atoms with van der Waals surface area (Å²) in [6, 6.07) is 26.2. The predicted octanol–water partition coefficient (Wildman–Crippen LogP) is 4.97. The van der Waals surface area contributed by atoms with Crippen LogP contribution in [-0.4, -0.2) is 38.5 Å². The van der Waals surface area contributed by atoms with Crippen LogP contribution in [0.5, 0.6) is 0 Å². The van der Waals surface area contributed by atoms with Crippen LogP contribution < -0.4 is 0 Å². The summed E-state index contributed by atoms with van der Waals surface area (Å²) >= 11 is 1.63. The standard InChI is InChI=1S/C25H24N4OS/c30-25(23(19-9-3-1-4-10-19)31-21-11-5-2-6-12-21)28-17-14-20(15-18-28)24-27-26-22-13-7-8-16-29(22)24/h1-13,16,20,23H,14-15,17-18H2/t23-/m1/s1. The average Bonchev–Trinajstić information content (AvgIpc) is 3.28. The van der Waals surface area contributed by atoms with Gasteiger partial charge in [0.15, 0.2) is 5.65 Å². The third-order valence-electron chi connectivity index (χ3n) is 5.84. The molecule has 2 aromatic heterocycles. The first-order valence-electron chi connectivity index (χ1n) is 10.6. The smallest absolute Gasteiger partial charge is 0.240 e. The molecule has 3 heterocycles. The number of rotatable bonds is 5. The molecule has 0 N–H and O–H groups in total. The van der Waals surface area contributed by atoms with E-state index in [1.54, 1.807) is 11.8 Å². The summed E-state index contributed by atoms with van der Waals surface area (Å²) in [5.41, 5.74) is 1.92. The van der Waals surface area contributed by atoms with Crippen LogP contribution in [0, 0.1) is 0 Å². The molecular weight excluding hydrogens is 404 g/mol. The SMILES string of the molecule is O=C([C@H](Sc1ccccc1)c1ccccc1)N1CCC(c2nnc3ccccn23)CC1. The highest BCUT2D eigenvalue weighted by atomic mass is 32.2. The van der Waals surface area contributed by atoms with Gasteiger partial charge >= 0.3 is 0 Å². The molecule has 31 heavy (non-hydrogen) atoms. The number of hydrogen-bond acceptors (Lipinski definition) is 4. The van der Waals surface area contributed by atoms with Crippen LogP contribution in [0.3, 0.4) is 0 Å². The Kier molecular flexibility index (Phi) is 5.71. The zero-order valence-corrected chi connectivity index (χ0v) is 18.0. The highest BCUT2D eigenvalue weighted by Crippen LogP contribution is 2.38. The predicted molar refractivity (Wildman–Crippen MR) is 123 cm³/mol. The number of pyridine rings is 1. The molecule has 1 fully saturated rings. The third-order valence-corrected chi connectivity index (χ3v) is 7.09. The Labute approximate surface area is 186 Å². The molecule has 0 aliphatic carbocycles. The number of aromatic nitrogens is 3. The maximum Gasteiger partial charge on any atom is 0.240 e. The fraction of sp³-hybridized carbons (Fsp3) is 0.240. The van der Waals surface area contributed by atoms with Crippen molar-refractivity contribution in [3.8, 4) is 0 Å². The number of carbonyl (C=O) groups is 1. The van der Waals surface area contributed by atoms with Crippen molar-refractivity contribution >= 4 is 23.3 Å². The number of amides is 1. The van der Waals surface area contributed by atoms with Gasteiger partial charge in [-0.25, -0.2) is 0 Å². The van der Waals surface area contributed by atoms with Crippen LogP contribution in [0.25, 0.3) is 5.65 Å². The van der Waals surface area contributed by atoms with Crippen LogP contribution >= 0.6 is 11.8 Å². The van der Waals surface area contributed by atoms with Gasteiger partial charge in [0.25, 0.3) is 0 Å². The molecule has 0 saturated carbocycles. The first kappa shape index (κ1) is 19.8. The van der Waals surface area contributed by atoms with Gasteiger partial charge in [0, 0.05) is 30.1 Å². The molecule has 0 bridgehead atoms. The molecule has 156 valence electrons. The van der Waals surface area contributed by atoms with E-state index in [9.17, 15) is 4.79 Å². The monoisotopic (exact) mass is 428 g/mol. The Morgan fingerprint density at radius 2 is 1.55 bits per heavy atom. The van der Waals surface area contributed by atoms with Gasteiger partial charge in [-0.15, -0.1) is 22.0 Å². The summed E-state index contributed by atoms with van der Waals surface area (Å²) in [6.45, 7) is 1.48. The second kappa shape index (κ2) is 8.94. The minimum absolute atomic E-state index is 0.185. The molecule has 5 rings (SSSR count). The van der Waals surface area contributed by atoms with Gasteiger partial charge in [-0.1, -0.05) is 54.6 Å². The van der Waals surface area contributed by atoms with Crippen molar-refractivity contribution in [3.05, 3.63) is 96.4 Å². The largest absolute Gasteiger partial charge is 0.341 e. The number of fused-ring (bicyclic) bond motifs is 1. The Hall–Kier alpha value is -3.12. The fourth-order valence-corrected chi connectivity index (χ4v) is 5.32. The summed E-state index contributed by atoms with van der Waals surface area (Å²) in [7, 11) is 0. The van der Waals surface area contributed by atoms with Gasteiger partial charge in [0.2, 0.25) is 5.91 Å². The summed E-state index contributed by atoms with van der Waals surface area (Å²) in [5.74, 6) is 1.50. The van der Waals surface area contributed by atoms with E-state index in [1.807, 2.05) is 77.8 Å². The Balaban J connectivity index is 1.32. The number of likely N-dealkylation sites (tertiary alicyclic amines) is 1. The lowest BCUT2D eigenvalue weighted by molar-refractivity contribution is -0.131. The molecule has 2 aromatic carbocycles. The van der Waals surface area contributed by atoms with Gasteiger partial charge in [-0.05, 0) is 42.7 Å². The number of thioether (sulfide) groups is 1. The van der Waals surface area contributed by atoms with E-state index >= 15 is 0 Å². The topological polar surface area (TPSA) is 50.5 Å². The van der Waals surface area contributed by atoms with Crippen molar-refractivity contribution in [2.24, 2.45) is 0 Å². The van der Waals surface area contributed by atoms with Crippen molar-refractivity contribution in [1.29, 1.82) is 0 Å². The van der Waals surface area contributed by atoms with Gasteiger partial charge in [0.1, 0.15) is 11.1 Å². The van der Waals surface area contributed by atoms with Gasteiger partial charge in [-0.3, -0.25) is 9.20 Å². The lowest BCUT2D eigenvalue weighted by atomic mass is 9.95. The van der Waals surface area contributed by atoms with Crippen molar-refractivity contribution < 1.29 is 4.79 Å². The molecule has 0 spiro atoms. The third kappa shape index (κ3) is 4.21. The summed E-state index contributed by atoms with van der Waals surface area (Å²) in [5, 5.41) is 8.48. The molecule has 4 aromatic rings. The van der Waals surface area contributed by atoms with E-state index < -0.39 is 0 Å². The number of nitrogens with zero attached hydrogens (tertiary/aromatic N) is 4. The average molecular weight is 429 g/mol. The number of piperidine rings is 1. The van der Waals surface area contributed by atoms with Crippen LogP contribution in [0.15, 0.2) is 90.0 Å². The Bertz CT molecular complexity index is 1150. The maximum absolute atomic E-state index is 13.6. The normalized spacial score (nSPS) is 15.8. The van der Waals surface area contributed by atoms with Gasteiger partial charge in [0.05, 0.1) is 0 Å². The van der Waals surface area contributed by atoms with Crippen LogP contribution in [0.1, 0.15) is 35.4 Å². The lowest BCUT2D eigenvalue weighted by Gasteiger charge is -2.33. The number of hydrogen-bond donors (Lipinski definition) is 0. The van der Waals surface area contributed by atoms with Gasteiger partial charge < -0.3 is 4.90 Å². The van der Waals surface area contributed by atoms with E-state index in [1.165, 1.54) is 0 Å². The molecule has 0 unspecified atom stereocenters. The molecular formula is C25H24N4OS. The zero-order valence-electron chi connectivity index (χ0n) is 17.2. The summed E-state index contributed by atoms with van der Waals surface area (Å²) in [6.07, 6.45) is 3.82. The van der Waals surface area contributed by atoms with E-state index in [-0.39, 0.29) is 11.2 Å². The van der Waals surface area contributed by atoms with E-state index in [0.29, 0.717) is 5.92 Å². The minimum atomic E-state index is -0.242. The molecule has 0 radical (unpaired) electrons. The van der Waals surface area contributed by atoms with E-state index in [2.05, 4.69) is 26.7 Å². The maximum atomic E-state index is 13.6. The van der Waals surface area contributed by atoms with Crippen LogP contribution in [-0.2, 0) is 4.79 Å². The molecule has 1 saturated heterocycles. The molecule has 6 heteroatoms. The van der Waals surface area contributed by atoms with Gasteiger partial charge in [-0.2, -0.15) is 0 Å². The van der Waals surface area contributed by atoms with Crippen molar-refractivity contribution in [1.82, 2.24) is 19.5 Å². The second-order valence-corrected chi connectivity index (χ2v) is 8.99. The van der Waals surface area contributed by atoms with Crippen molar-refractivity contribution in [3.63, 3.8) is 0 Å². The first-order valence-corrected chi connectivity index (χ1v) is 11.5. The van der Waals surface area contributed by atoms with E-state index in [4.69, 9.17) is 0 Å². The minimum Gasteiger partial charge on any atom is -0.341 e. The summed E-state index contributed by atoms with van der Waals surface area (Å²) < 4.78 is 2.07. The highest BCUT2D eigenvalue weighted by Gasteiger charge is 2.31. The molecule has 1 amide bonds. The first-order chi connectivity index (χ1) is 15.3. The molecule has 5 nitrogen and oxygen atoms in total. The Morgan fingerprint density at radius 1 is 0.871 bits per heavy atom. The number of benzene rings is 2. The Morgan fingerprint density at radius 3 is 2.29 bits per heavy atom. The molecule has 1 aliphatic rings. The van der Waals surface area contributed by atoms with Crippen LogP contribution in [0.4, 0.5) is 0 Å². The van der Waals surface area contributed by atoms with Crippen LogP contribution in [0.2, 0.25) is 0 Å². The highest BCUT2D eigenvalue weighted by molar-refractivity contribution is 8.00. The van der Waals surface area contributed by atoms with E-state index in [0.717, 1.165) is 47.9 Å². The van der Waals surface area contributed by atoms with Crippen molar-refractivity contribution in [2.75, 3.05) is 13.1 Å². The number of carbonyl (C=O) groups excluding carboxylic acids is 1. The second-order valence-electron chi connectivity index (χ2n) is 7.81. The lowest BCUT2D eigenvalue weighted by Crippen LogP contribution is -2.40. The molecule has 1 aliphatic heterocycles.